The Morgan fingerprint density at radius 2 is 1.81 bits per heavy atom. The van der Waals surface area contributed by atoms with Crippen LogP contribution in [0.4, 0.5) is 10.7 Å². The Balaban J connectivity index is 1.85. The van der Waals surface area contributed by atoms with Crippen molar-refractivity contribution in [2.75, 3.05) is 16.8 Å². The van der Waals surface area contributed by atoms with Crippen LogP contribution in [0.1, 0.15) is 43.8 Å². The number of nitrogens with zero attached hydrogens (tertiary/aromatic N) is 1. The summed E-state index contributed by atoms with van der Waals surface area (Å²) < 4.78 is 5.11. The molecule has 1 aromatic carbocycles. The van der Waals surface area contributed by atoms with E-state index in [0.717, 1.165) is 22.4 Å². The highest BCUT2D eigenvalue weighted by molar-refractivity contribution is 7.18. The first-order valence-corrected chi connectivity index (χ1v) is 9.56. The van der Waals surface area contributed by atoms with E-state index in [1.165, 1.54) is 17.6 Å². The molecule has 0 aliphatic carbocycles. The maximum atomic E-state index is 13.2. The summed E-state index contributed by atoms with van der Waals surface area (Å²) >= 11 is 1.28. The summed E-state index contributed by atoms with van der Waals surface area (Å²) in [6.07, 6.45) is 1.45. The lowest BCUT2D eigenvalue weighted by atomic mass is 10.1. The van der Waals surface area contributed by atoms with E-state index in [1.54, 1.807) is 17.0 Å². The first kappa shape index (κ1) is 18.9. The Morgan fingerprint density at radius 1 is 1.11 bits per heavy atom. The van der Waals surface area contributed by atoms with Crippen molar-refractivity contribution in [1.29, 1.82) is 0 Å². The van der Waals surface area contributed by atoms with Crippen molar-refractivity contribution in [3.8, 4) is 0 Å². The molecule has 2 amide bonds. The first-order chi connectivity index (χ1) is 12.9. The third kappa shape index (κ3) is 4.11. The fourth-order valence-electron chi connectivity index (χ4n) is 3.01. The van der Waals surface area contributed by atoms with Gasteiger partial charge in [0.05, 0.1) is 16.1 Å². The van der Waals surface area contributed by atoms with Gasteiger partial charge in [-0.2, -0.15) is 0 Å². The second-order valence-corrected chi connectivity index (χ2v) is 7.50. The molecule has 2 aromatic heterocycles. The summed E-state index contributed by atoms with van der Waals surface area (Å²) in [7, 11) is 0. The molecular formula is C21H22N2O3S. The molecule has 140 valence electrons. The number of carbonyl (C=O) groups is 2. The van der Waals surface area contributed by atoms with Gasteiger partial charge in [-0.25, -0.2) is 0 Å². The molecule has 0 atom stereocenters. The van der Waals surface area contributed by atoms with Gasteiger partial charge >= 0.3 is 0 Å². The Morgan fingerprint density at radius 3 is 2.41 bits per heavy atom. The molecule has 27 heavy (non-hydrogen) atoms. The molecule has 0 aliphatic rings. The monoisotopic (exact) mass is 382 g/mol. The molecule has 0 bridgehead atoms. The van der Waals surface area contributed by atoms with Crippen LogP contribution in [-0.4, -0.2) is 18.4 Å². The summed E-state index contributed by atoms with van der Waals surface area (Å²) in [6, 6.07) is 11.2. The largest absolute Gasteiger partial charge is 0.459 e. The van der Waals surface area contributed by atoms with Crippen LogP contribution in [0, 0.1) is 20.8 Å². The van der Waals surface area contributed by atoms with Crippen molar-refractivity contribution in [2.24, 2.45) is 0 Å². The number of nitrogens with one attached hydrogen (secondary N) is 1. The third-order valence-electron chi connectivity index (χ3n) is 4.17. The zero-order valence-corrected chi connectivity index (χ0v) is 16.6. The van der Waals surface area contributed by atoms with Crippen LogP contribution in [-0.2, 0) is 0 Å². The highest BCUT2D eigenvalue weighted by atomic mass is 32.1. The normalized spacial score (nSPS) is 10.7. The lowest BCUT2D eigenvalue weighted by Gasteiger charge is -2.22. The summed E-state index contributed by atoms with van der Waals surface area (Å²) in [6.45, 7) is 8.44. The van der Waals surface area contributed by atoms with Gasteiger partial charge in [0.25, 0.3) is 11.8 Å². The molecule has 0 saturated carbocycles. The Kier molecular flexibility index (Phi) is 5.46. The third-order valence-corrected chi connectivity index (χ3v) is 5.31. The first-order valence-electron chi connectivity index (χ1n) is 8.74. The molecule has 1 N–H and O–H groups in total. The maximum Gasteiger partial charge on any atom is 0.291 e. The van der Waals surface area contributed by atoms with Crippen molar-refractivity contribution in [3.63, 3.8) is 0 Å². The Labute approximate surface area is 162 Å². The average Bonchev–Trinajstić information content (AvgIpc) is 3.24. The van der Waals surface area contributed by atoms with Crippen molar-refractivity contribution < 1.29 is 14.0 Å². The Hall–Kier alpha value is -2.86. The molecule has 2 heterocycles. The van der Waals surface area contributed by atoms with Gasteiger partial charge in [0.15, 0.2) is 5.76 Å². The van der Waals surface area contributed by atoms with Crippen molar-refractivity contribution in [2.45, 2.75) is 27.7 Å². The van der Waals surface area contributed by atoms with Crippen LogP contribution in [0.3, 0.4) is 0 Å². The molecule has 0 spiro atoms. The fraction of sp³-hybridized carbons (Fsp3) is 0.238. The highest BCUT2D eigenvalue weighted by Crippen LogP contribution is 2.30. The molecule has 0 saturated heterocycles. The van der Waals surface area contributed by atoms with Gasteiger partial charge in [-0.15, -0.1) is 11.3 Å². The van der Waals surface area contributed by atoms with Gasteiger partial charge < -0.3 is 14.6 Å². The van der Waals surface area contributed by atoms with Gasteiger partial charge in [-0.3, -0.25) is 9.59 Å². The predicted molar refractivity (Wildman–Crippen MR) is 109 cm³/mol. The van der Waals surface area contributed by atoms with Gasteiger partial charge in [0, 0.05) is 12.2 Å². The molecule has 0 fully saturated rings. The molecule has 0 radical (unpaired) electrons. The van der Waals surface area contributed by atoms with Gasteiger partial charge in [0.2, 0.25) is 0 Å². The van der Waals surface area contributed by atoms with E-state index >= 15 is 0 Å². The van der Waals surface area contributed by atoms with Crippen molar-refractivity contribution >= 4 is 33.8 Å². The highest BCUT2D eigenvalue weighted by Gasteiger charge is 2.22. The summed E-state index contributed by atoms with van der Waals surface area (Å²) in [4.78, 5) is 27.7. The number of benzene rings is 1. The van der Waals surface area contributed by atoms with Gasteiger partial charge in [-0.1, -0.05) is 6.07 Å². The van der Waals surface area contributed by atoms with Gasteiger partial charge in [-0.05, 0) is 74.7 Å². The van der Waals surface area contributed by atoms with Crippen LogP contribution in [0.5, 0.6) is 0 Å². The van der Waals surface area contributed by atoms with Crippen molar-refractivity contribution in [3.05, 3.63) is 70.0 Å². The minimum Gasteiger partial charge on any atom is -0.459 e. The zero-order chi connectivity index (χ0) is 19.6. The van der Waals surface area contributed by atoms with E-state index in [9.17, 15) is 9.59 Å². The van der Waals surface area contributed by atoms with E-state index in [2.05, 4.69) is 11.4 Å². The van der Waals surface area contributed by atoms with Crippen LogP contribution in [0.2, 0.25) is 0 Å². The number of anilines is 2. The SMILES string of the molecule is CCN(C(=O)c1sc(NC(=O)c2ccco2)cc1C)c1cc(C)cc(C)c1. The second-order valence-electron chi connectivity index (χ2n) is 6.45. The second kappa shape index (κ2) is 7.80. The number of hydrogen-bond acceptors (Lipinski definition) is 4. The topological polar surface area (TPSA) is 62.6 Å². The smallest absolute Gasteiger partial charge is 0.291 e. The standard InChI is InChI=1S/C21H22N2O3S/c1-5-23(16-10-13(2)9-14(3)11-16)21(25)19-15(4)12-18(27-19)22-20(24)17-7-6-8-26-17/h6-12H,5H2,1-4H3,(H,22,24). The van der Waals surface area contributed by atoms with E-state index in [-0.39, 0.29) is 17.6 Å². The summed E-state index contributed by atoms with van der Waals surface area (Å²) in [5, 5.41) is 3.41. The minimum absolute atomic E-state index is 0.0662. The molecule has 6 heteroatoms. The van der Waals surface area contributed by atoms with Crippen LogP contribution >= 0.6 is 11.3 Å². The van der Waals surface area contributed by atoms with Crippen molar-refractivity contribution in [1.82, 2.24) is 0 Å². The number of hydrogen-bond donors (Lipinski definition) is 1. The fourth-order valence-corrected chi connectivity index (χ4v) is 4.03. The van der Waals surface area contributed by atoms with E-state index in [0.29, 0.717) is 16.4 Å². The molecular weight excluding hydrogens is 360 g/mol. The number of thiophene rings is 1. The summed E-state index contributed by atoms with van der Waals surface area (Å²) in [5.74, 6) is -0.162. The zero-order valence-electron chi connectivity index (χ0n) is 15.8. The van der Waals surface area contributed by atoms with E-state index in [1.807, 2.05) is 45.9 Å². The van der Waals surface area contributed by atoms with Crippen LogP contribution in [0.25, 0.3) is 0 Å². The number of aryl methyl sites for hydroxylation is 3. The van der Waals surface area contributed by atoms with Gasteiger partial charge in [0.1, 0.15) is 0 Å². The number of rotatable bonds is 5. The average molecular weight is 382 g/mol. The molecule has 3 aromatic rings. The number of amides is 2. The Bertz CT molecular complexity index is 953. The van der Waals surface area contributed by atoms with E-state index in [4.69, 9.17) is 4.42 Å². The predicted octanol–water partition coefficient (Wildman–Crippen LogP) is 5.19. The quantitative estimate of drug-likeness (QED) is 0.661. The number of furan rings is 1. The molecule has 0 aliphatic heterocycles. The van der Waals surface area contributed by atoms with E-state index < -0.39 is 0 Å². The lowest BCUT2D eigenvalue weighted by Crippen LogP contribution is -2.30. The summed E-state index contributed by atoms with van der Waals surface area (Å²) in [5.41, 5.74) is 3.95. The maximum absolute atomic E-state index is 13.2. The number of carbonyl (C=O) groups excluding carboxylic acids is 2. The lowest BCUT2D eigenvalue weighted by molar-refractivity contribution is 0.0986. The molecule has 0 unspecified atom stereocenters. The van der Waals surface area contributed by atoms with Crippen LogP contribution in [0.15, 0.2) is 47.1 Å². The molecule has 5 nitrogen and oxygen atoms in total. The molecule has 3 rings (SSSR count). The van der Waals surface area contributed by atoms with Crippen LogP contribution < -0.4 is 10.2 Å². The minimum atomic E-state index is -0.332.